The number of hydrogen-bond acceptors (Lipinski definition) is 5. The second kappa shape index (κ2) is 9.59. The lowest BCUT2D eigenvalue weighted by atomic mass is 9.85. The maximum atomic E-state index is 5.89. The molecular formula is C22H29ClN2O2S. The van der Waals surface area contributed by atoms with Crippen LogP contribution in [-0.4, -0.2) is 5.16 Å². The Labute approximate surface area is 177 Å². The highest BCUT2D eigenvalue weighted by atomic mass is 35.5. The number of nitrogens with one attached hydrogen (secondary N) is 1. The van der Waals surface area contributed by atoms with E-state index in [2.05, 4.69) is 60.9 Å². The lowest BCUT2D eigenvalue weighted by molar-refractivity contribution is 0.275. The van der Waals surface area contributed by atoms with Crippen molar-refractivity contribution in [3.05, 3.63) is 69.2 Å². The van der Waals surface area contributed by atoms with E-state index in [1.165, 1.54) is 10.4 Å². The van der Waals surface area contributed by atoms with Gasteiger partial charge in [-0.3, -0.25) is 0 Å². The van der Waals surface area contributed by atoms with Crippen LogP contribution in [0.25, 0.3) is 0 Å². The number of nitrogens with zero attached hydrogens (tertiary/aromatic N) is 1. The summed E-state index contributed by atoms with van der Waals surface area (Å²) in [6, 6.07) is 12.9. The van der Waals surface area contributed by atoms with Gasteiger partial charge in [0, 0.05) is 17.5 Å². The fourth-order valence-electron chi connectivity index (χ4n) is 3.08. The molecule has 0 aliphatic carbocycles. The summed E-state index contributed by atoms with van der Waals surface area (Å²) < 4.78 is 11.1. The van der Waals surface area contributed by atoms with E-state index in [4.69, 9.17) is 9.26 Å². The molecule has 0 spiro atoms. The summed E-state index contributed by atoms with van der Waals surface area (Å²) in [6.45, 7) is 12.0. The summed E-state index contributed by atoms with van der Waals surface area (Å²) in [5.74, 6) is 1.67. The van der Waals surface area contributed by atoms with Gasteiger partial charge in [-0.15, -0.1) is 23.7 Å². The van der Waals surface area contributed by atoms with Crippen molar-refractivity contribution in [3.63, 3.8) is 0 Å². The topological polar surface area (TPSA) is 47.3 Å². The van der Waals surface area contributed by atoms with Gasteiger partial charge >= 0.3 is 0 Å². The number of ether oxygens (including phenoxy) is 1. The summed E-state index contributed by atoms with van der Waals surface area (Å²) >= 11 is 1.81. The molecule has 4 nitrogen and oxygen atoms in total. The minimum absolute atomic E-state index is 0. The summed E-state index contributed by atoms with van der Waals surface area (Å²) in [7, 11) is 0. The van der Waals surface area contributed by atoms with Crippen molar-refractivity contribution in [2.45, 2.75) is 53.8 Å². The van der Waals surface area contributed by atoms with Crippen LogP contribution >= 0.6 is 23.7 Å². The van der Waals surface area contributed by atoms with Crippen molar-refractivity contribution in [2.75, 3.05) is 0 Å². The largest absolute Gasteiger partial charge is 0.489 e. The highest BCUT2D eigenvalue weighted by Gasteiger charge is 2.26. The minimum atomic E-state index is 0. The molecule has 2 heterocycles. The summed E-state index contributed by atoms with van der Waals surface area (Å²) in [5.41, 5.74) is 3.30. The zero-order valence-corrected chi connectivity index (χ0v) is 18.7. The van der Waals surface area contributed by atoms with E-state index in [0.29, 0.717) is 12.6 Å². The third-order valence-corrected chi connectivity index (χ3v) is 5.63. The van der Waals surface area contributed by atoms with Crippen LogP contribution < -0.4 is 10.1 Å². The first kappa shape index (κ1) is 22.5. The van der Waals surface area contributed by atoms with Crippen LogP contribution in [0.1, 0.15) is 54.3 Å². The van der Waals surface area contributed by atoms with Gasteiger partial charge in [0.1, 0.15) is 18.1 Å². The molecule has 0 saturated carbocycles. The predicted octanol–water partition coefficient (Wildman–Crippen LogP) is 6.23. The Kier molecular flexibility index (Phi) is 7.70. The molecule has 152 valence electrons. The second-order valence-corrected chi connectivity index (χ2v) is 8.91. The van der Waals surface area contributed by atoms with Crippen molar-refractivity contribution >= 4 is 23.7 Å². The van der Waals surface area contributed by atoms with Gasteiger partial charge in [0.05, 0.1) is 11.3 Å². The Balaban J connectivity index is 0.00000280. The van der Waals surface area contributed by atoms with Crippen LogP contribution in [0.3, 0.4) is 0 Å². The van der Waals surface area contributed by atoms with Gasteiger partial charge in [-0.2, -0.15) is 0 Å². The Morgan fingerprint density at radius 1 is 1.14 bits per heavy atom. The van der Waals surface area contributed by atoms with Gasteiger partial charge in [-0.1, -0.05) is 44.1 Å². The van der Waals surface area contributed by atoms with E-state index >= 15 is 0 Å². The molecule has 0 amide bonds. The molecule has 1 atom stereocenters. The second-order valence-electron chi connectivity index (χ2n) is 7.93. The maximum absolute atomic E-state index is 5.89. The Bertz CT molecular complexity index is 832. The molecule has 1 unspecified atom stereocenters. The van der Waals surface area contributed by atoms with Gasteiger partial charge in [-0.05, 0) is 48.4 Å². The number of halogens is 1. The van der Waals surface area contributed by atoms with Gasteiger partial charge in [0.25, 0.3) is 0 Å². The molecule has 0 bridgehead atoms. The van der Waals surface area contributed by atoms with Crippen molar-refractivity contribution in [1.82, 2.24) is 10.5 Å². The van der Waals surface area contributed by atoms with Crippen LogP contribution in [-0.2, 0) is 13.2 Å². The average Bonchev–Trinajstić information content (AvgIpc) is 3.24. The highest BCUT2D eigenvalue weighted by Crippen LogP contribution is 2.35. The molecule has 0 radical (unpaired) electrons. The number of aromatic nitrogens is 1. The summed E-state index contributed by atoms with van der Waals surface area (Å²) in [6.07, 6.45) is 0. The average molecular weight is 421 g/mol. The monoisotopic (exact) mass is 420 g/mol. The third kappa shape index (κ3) is 5.60. The summed E-state index contributed by atoms with van der Waals surface area (Å²) in [5, 5.41) is 9.82. The number of benzene rings is 1. The van der Waals surface area contributed by atoms with Crippen LogP contribution in [0.15, 0.2) is 46.3 Å². The zero-order chi connectivity index (χ0) is 19.4. The Morgan fingerprint density at radius 3 is 2.39 bits per heavy atom. The van der Waals surface area contributed by atoms with Crippen molar-refractivity contribution in [1.29, 1.82) is 0 Å². The van der Waals surface area contributed by atoms with Crippen molar-refractivity contribution < 1.29 is 9.26 Å². The number of hydrogen-bond donors (Lipinski definition) is 1. The highest BCUT2D eigenvalue weighted by molar-refractivity contribution is 7.10. The van der Waals surface area contributed by atoms with Crippen LogP contribution in [0.5, 0.6) is 5.75 Å². The van der Waals surface area contributed by atoms with Crippen LogP contribution in [0.2, 0.25) is 0 Å². The number of thiophene rings is 1. The van der Waals surface area contributed by atoms with Gasteiger partial charge in [-0.25, -0.2) is 0 Å². The molecule has 0 aliphatic rings. The maximum Gasteiger partial charge on any atom is 0.140 e. The molecule has 28 heavy (non-hydrogen) atoms. The van der Waals surface area contributed by atoms with E-state index in [-0.39, 0.29) is 17.8 Å². The summed E-state index contributed by atoms with van der Waals surface area (Å²) in [4.78, 5) is 1.38. The molecule has 2 aromatic heterocycles. The lowest BCUT2D eigenvalue weighted by Crippen LogP contribution is -2.31. The first-order chi connectivity index (χ1) is 12.8. The van der Waals surface area contributed by atoms with Gasteiger partial charge in [0.15, 0.2) is 0 Å². The normalized spacial score (nSPS) is 12.5. The molecular weight excluding hydrogens is 392 g/mol. The SMILES string of the molecule is Cc1noc(C)c1COc1ccc(CNC(c2cccs2)C(C)(C)C)cc1.Cl. The quantitative estimate of drug-likeness (QED) is 0.492. The third-order valence-electron chi connectivity index (χ3n) is 4.69. The van der Waals surface area contributed by atoms with E-state index in [1.807, 2.05) is 37.3 Å². The molecule has 6 heteroatoms. The first-order valence-corrected chi connectivity index (χ1v) is 10.1. The lowest BCUT2D eigenvalue weighted by Gasteiger charge is -2.31. The van der Waals surface area contributed by atoms with Gasteiger partial charge in [0.2, 0.25) is 0 Å². The van der Waals surface area contributed by atoms with E-state index < -0.39 is 0 Å². The van der Waals surface area contributed by atoms with E-state index in [0.717, 1.165) is 29.3 Å². The molecule has 3 aromatic rings. The number of rotatable bonds is 7. The minimum Gasteiger partial charge on any atom is -0.489 e. The van der Waals surface area contributed by atoms with Gasteiger partial charge < -0.3 is 14.6 Å². The molecule has 0 saturated heterocycles. The fourth-order valence-corrected chi connectivity index (χ4v) is 4.12. The molecule has 1 N–H and O–H groups in total. The fraction of sp³-hybridized carbons (Fsp3) is 0.409. The Hall–Kier alpha value is -1.82. The Morgan fingerprint density at radius 2 is 1.86 bits per heavy atom. The van der Waals surface area contributed by atoms with Crippen molar-refractivity contribution in [2.24, 2.45) is 5.41 Å². The first-order valence-electron chi connectivity index (χ1n) is 9.25. The zero-order valence-electron chi connectivity index (χ0n) is 17.1. The molecule has 0 aliphatic heterocycles. The van der Waals surface area contributed by atoms with E-state index in [9.17, 15) is 0 Å². The predicted molar refractivity (Wildman–Crippen MR) is 117 cm³/mol. The molecule has 0 fully saturated rings. The van der Waals surface area contributed by atoms with Crippen LogP contribution in [0, 0.1) is 19.3 Å². The van der Waals surface area contributed by atoms with Crippen LogP contribution in [0.4, 0.5) is 0 Å². The van der Waals surface area contributed by atoms with E-state index in [1.54, 1.807) is 0 Å². The smallest absolute Gasteiger partial charge is 0.140 e. The molecule has 3 rings (SSSR count). The van der Waals surface area contributed by atoms with Crippen molar-refractivity contribution in [3.8, 4) is 5.75 Å². The number of aryl methyl sites for hydroxylation is 2. The molecule has 1 aromatic carbocycles. The standard InChI is InChI=1S/C22H28N2O2S.ClH/c1-15-19(16(2)26-24-15)14-25-18-10-8-17(9-11-18)13-23-21(22(3,4)5)20-7-6-12-27-20;/h6-12,21,23H,13-14H2,1-5H3;1H.